The van der Waals surface area contributed by atoms with Gasteiger partial charge < -0.3 is 9.47 Å². The first-order valence-electron chi connectivity index (χ1n) is 6.19. The average molecular weight is 353 g/mol. The predicted octanol–water partition coefficient (Wildman–Crippen LogP) is 4.12. The van der Waals surface area contributed by atoms with Gasteiger partial charge in [-0.1, -0.05) is 13.0 Å². The van der Waals surface area contributed by atoms with Crippen molar-refractivity contribution in [1.82, 2.24) is 4.98 Å². The molecule has 0 aliphatic carbocycles. The summed E-state index contributed by atoms with van der Waals surface area (Å²) >= 11 is 3.15. The molecule has 0 atom stereocenters. The van der Waals surface area contributed by atoms with E-state index in [9.17, 15) is 10.1 Å². The summed E-state index contributed by atoms with van der Waals surface area (Å²) in [4.78, 5) is 14.5. The van der Waals surface area contributed by atoms with E-state index in [1.54, 1.807) is 6.07 Å². The molecule has 2 rings (SSSR count). The number of rotatable bonds is 5. The summed E-state index contributed by atoms with van der Waals surface area (Å²) in [5.41, 5.74) is 0.864. The normalized spacial score (nSPS) is 10.2. The molecule has 0 amide bonds. The fourth-order valence-electron chi connectivity index (χ4n) is 1.75. The minimum Gasteiger partial charge on any atom is -0.493 e. The highest BCUT2D eigenvalue weighted by Gasteiger charge is 2.19. The standard InChI is InChI=1S/C14H13BrN2O4/c1-3-9-4-5-12(13(6-9)20-2)21-14-11(17(18)19)7-10(15)8-16-14/h4-8H,3H2,1-2H3. The minimum absolute atomic E-state index is 0.0780. The summed E-state index contributed by atoms with van der Waals surface area (Å²) in [5.74, 6) is 0.812. The topological polar surface area (TPSA) is 74.5 Å². The van der Waals surface area contributed by atoms with E-state index >= 15 is 0 Å². The van der Waals surface area contributed by atoms with Gasteiger partial charge in [0.1, 0.15) is 0 Å². The smallest absolute Gasteiger partial charge is 0.332 e. The summed E-state index contributed by atoms with van der Waals surface area (Å²) in [5, 5.41) is 11.1. The van der Waals surface area contributed by atoms with Crippen molar-refractivity contribution in [3.8, 4) is 17.4 Å². The van der Waals surface area contributed by atoms with E-state index in [-0.39, 0.29) is 11.6 Å². The Hall–Kier alpha value is -2.15. The predicted molar refractivity (Wildman–Crippen MR) is 81.0 cm³/mol. The summed E-state index contributed by atoms with van der Waals surface area (Å²) in [6, 6.07) is 6.77. The lowest BCUT2D eigenvalue weighted by atomic mass is 10.1. The number of aryl methyl sites for hydroxylation is 1. The number of aromatic nitrogens is 1. The Morgan fingerprint density at radius 3 is 2.71 bits per heavy atom. The third kappa shape index (κ3) is 3.49. The van der Waals surface area contributed by atoms with Gasteiger partial charge in [-0.05, 0) is 40.0 Å². The zero-order valence-corrected chi connectivity index (χ0v) is 13.1. The van der Waals surface area contributed by atoms with Crippen LogP contribution in [0.1, 0.15) is 12.5 Å². The van der Waals surface area contributed by atoms with E-state index in [1.165, 1.54) is 19.4 Å². The third-order valence-corrected chi connectivity index (χ3v) is 3.27. The number of pyridine rings is 1. The zero-order chi connectivity index (χ0) is 15.4. The molecule has 0 aliphatic rings. The molecular formula is C14H13BrN2O4. The lowest BCUT2D eigenvalue weighted by Crippen LogP contribution is -1.98. The van der Waals surface area contributed by atoms with Crippen molar-refractivity contribution >= 4 is 21.6 Å². The van der Waals surface area contributed by atoms with Gasteiger partial charge in [-0.15, -0.1) is 0 Å². The highest BCUT2D eigenvalue weighted by molar-refractivity contribution is 9.10. The molecular weight excluding hydrogens is 340 g/mol. The number of hydrogen-bond donors (Lipinski definition) is 0. The van der Waals surface area contributed by atoms with Crippen LogP contribution in [0.2, 0.25) is 0 Å². The third-order valence-electron chi connectivity index (χ3n) is 2.84. The van der Waals surface area contributed by atoms with Crippen molar-refractivity contribution < 1.29 is 14.4 Å². The van der Waals surface area contributed by atoms with Crippen LogP contribution in [0.4, 0.5) is 5.69 Å². The maximum atomic E-state index is 11.1. The first kappa shape index (κ1) is 15.2. The van der Waals surface area contributed by atoms with Gasteiger partial charge in [0.2, 0.25) is 0 Å². The minimum atomic E-state index is -0.542. The molecule has 0 unspecified atom stereocenters. The van der Waals surface area contributed by atoms with Crippen LogP contribution >= 0.6 is 15.9 Å². The van der Waals surface area contributed by atoms with Crippen molar-refractivity contribution in [2.75, 3.05) is 7.11 Å². The van der Waals surface area contributed by atoms with Gasteiger partial charge in [-0.25, -0.2) is 4.98 Å². The van der Waals surface area contributed by atoms with Crippen molar-refractivity contribution in [3.63, 3.8) is 0 Å². The molecule has 1 heterocycles. The molecule has 6 nitrogen and oxygen atoms in total. The lowest BCUT2D eigenvalue weighted by Gasteiger charge is -2.11. The van der Waals surface area contributed by atoms with Crippen LogP contribution in [0.3, 0.4) is 0 Å². The number of methoxy groups -OCH3 is 1. The van der Waals surface area contributed by atoms with Gasteiger partial charge in [0.15, 0.2) is 11.5 Å². The average Bonchev–Trinajstić information content (AvgIpc) is 2.49. The van der Waals surface area contributed by atoms with Gasteiger partial charge in [-0.3, -0.25) is 10.1 Å². The number of nitro groups is 1. The van der Waals surface area contributed by atoms with E-state index in [2.05, 4.69) is 20.9 Å². The van der Waals surface area contributed by atoms with Crippen molar-refractivity contribution in [3.05, 3.63) is 50.6 Å². The Labute approximate surface area is 130 Å². The quantitative estimate of drug-likeness (QED) is 0.597. The van der Waals surface area contributed by atoms with Gasteiger partial charge in [0.05, 0.1) is 12.0 Å². The second-order valence-electron chi connectivity index (χ2n) is 4.18. The van der Waals surface area contributed by atoms with Gasteiger partial charge >= 0.3 is 5.69 Å². The molecule has 1 aromatic carbocycles. The van der Waals surface area contributed by atoms with Crippen LogP contribution in [0.5, 0.6) is 17.4 Å². The summed E-state index contributed by atoms with van der Waals surface area (Å²) in [6.45, 7) is 2.02. The molecule has 0 aliphatic heterocycles. The fourth-order valence-corrected chi connectivity index (χ4v) is 2.07. The number of benzene rings is 1. The monoisotopic (exact) mass is 352 g/mol. The second-order valence-corrected chi connectivity index (χ2v) is 5.09. The van der Waals surface area contributed by atoms with Gasteiger partial charge in [-0.2, -0.15) is 0 Å². The fraction of sp³-hybridized carbons (Fsp3) is 0.214. The number of nitrogens with zero attached hydrogens (tertiary/aromatic N) is 2. The number of hydrogen-bond acceptors (Lipinski definition) is 5. The molecule has 7 heteroatoms. The molecule has 21 heavy (non-hydrogen) atoms. The summed E-state index contributed by atoms with van der Waals surface area (Å²) in [6.07, 6.45) is 2.29. The van der Waals surface area contributed by atoms with E-state index < -0.39 is 4.92 Å². The maximum Gasteiger partial charge on any atom is 0.332 e. The van der Waals surface area contributed by atoms with Crippen LogP contribution in [0.15, 0.2) is 34.9 Å². The van der Waals surface area contributed by atoms with E-state index in [1.807, 2.05) is 19.1 Å². The van der Waals surface area contributed by atoms with Crippen LogP contribution in [-0.4, -0.2) is 17.0 Å². The molecule has 0 bridgehead atoms. The Bertz CT molecular complexity index is 676. The SMILES string of the molecule is CCc1ccc(Oc2ncc(Br)cc2[N+](=O)[O-])c(OC)c1. The van der Waals surface area contributed by atoms with E-state index in [0.29, 0.717) is 16.0 Å². The highest BCUT2D eigenvalue weighted by Crippen LogP contribution is 2.36. The van der Waals surface area contributed by atoms with Crippen molar-refractivity contribution in [1.29, 1.82) is 0 Å². The van der Waals surface area contributed by atoms with E-state index in [0.717, 1.165) is 12.0 Å². The Kier molecular flexibility index (Phi) is 4.74. The van der Waals surface area contributed by atoms with Gasteiger partial charge in [0.25, 0.3) is 5.88 Å². The number of halogens is 1. The summed E-state index contributed by atoms with van der Waals surface area (Å²) < 4.78 is 11.3. The van der Waals surface area contributed by atoms with Crippen LogP contribution < -0.4 is 9.47 Å². The lowest BCUT2D eigenvalue weighted by molar-refractivity contribution is -0.386. The molecule has 2 aromatic rings. The Morgan fingerprint density at radius 2 is 2.10 bits per heavy atom. The summed E-state index contributed by atoms with van der Waals surface area (Å²) in [7, 11) is 1.52. The molecule has 0 fully saturated rings. The van der Waals surface area contributed by atoms with Crippen molar-refractivity contribution in [2.45, 2.75) is 13.3 Å². The Balaban J connectivity index is 2.40. The first-order valence-corrected chi connectivity index (χ1v) is 6.99. The second kappa shape index (κ2) is 6.53. The van der Waals surface area contributed by atoms with E-state index in [4.69, 9.17) is 9.47 Å². The van der Waals surface area contributed by atoms with Crippen molar-refractivity contribution in [2.24, 2.45) is 0 Å². The van der Waals surface area contributed by atoms with Crippen LogP contribution in [0, 0.1) is 10.1 Å². The Morgan fingerprint density at radius 1 is 1.33 bits per heavy atom. The molecule has 0 saturated heterocycles. The maximum absolute atomic E-state index is 11.1. The first-order chi connectivity index (χ1) is 10.0. The molecule has 0 radical (unpaired) electrons. The van der Waals surface area contributed by atoms with Gasteiger partial charge in [0, 0.05) is 16.7 Å². The highest BCUT2D eigenvalue weighted by atomic mass is 79.9. The zero-order valence-electron chi connectivity index (χ0n) is 11.5. The molecule has 1 aromatic heterocycles. The largest absolute Gasteiger partial charge is 0.493 e. The van der Waals surface area contributed by atoms with Crippen LogP contribution in [-0.2, 0) is 6.42 Å². The molecule has 0 N–H and O–H groups in total. The molecule has 0 saturated carbocycles. The van der Waals surface area contributed by atoms with Crippen LogP contribution in [0.25, 0.3) is 0 Å². The molecule has 110 valence electrons. The number of ether oxygens (including phenoxy) is 2. The molecule has 0 spiro atoms.